The van der Waals surface area contributed by atoms with E-state index in [4.69, 9.17) is 14.2 Å². The molecule has 0 aromatic carbocycles. The molecular weight excluding hydrogens is 246 g/mol. The lowest BCUT2D eigenvalue weighted by atomic mass is 10.4. The molecule has 104 valence electrons. The Morgan fingerprint density at radius 1 is 1.18 bits per heavy atom. The van der Waals surface area contributed by atoms with E-state index >= 15 is 0 Å². The van der Waals surface area contributed by atoms with Crippen LogP contribution in [-0.4, -0.2) is 60.4 Å². The predicted molar refractivity (Wildman–Crippen MR) is 65.6 cm³/mol. The zero-order valence-corrected chi connectivity index (χ0v) is 11.7. The van der Waals surface area contributed by atoms with E-state index in [1.165, 1.54) is 0 Å². The van der Waals surface area contributed by atoms with Crippen LogP contribution in [0, 0.1) is 0 Å². The van der Waals surface area contributed by atoms with E-state index in [1.54, 1.807) is 14.0 Å². The summed E-state index contributed by atoms with van der Waals surface area (Å²) in [4.78, 5) is 0. The number of hydrogen-bond acceptors (Lipinski definition) is 5. The van der Waals surface area contributed by atoms with E-state index in [-0.39, 0.29) is 12.1 Å². The number of sulfonamides is 1. The second-order valence-corrected chi connectivity index (χ2v) is 5.78. The van der Waals surface area contributed by atoms with Crippen LogP contribution in [0.2, 0.25) is 0 Å². The molecule has 0 spiro atoms. The van der Waals surface area contributed by atoms with E-state index in [2.05, 4.69) is 4.72 Å². The molecule has 0 aliphatic rings. The first-order chi connectivity index (χ1) is 7.85. The van der Waals surface area contributed by atoms with Gasteiger partial charge in [0.05, 0.1) is 38.8 Å². The topological polar surface area (TPSA) is 73.9 Å². The van der Waals surface area contributed by atoms with E-state index in [0.29, 0.717) is 26.4 Å². The molecule has 0 amide bonds. The molecule has 0 aliphatic heterocycles. The molecule has 0 saturated heterocycles. The quantitative estimate of drug-likeness (QED) is 0.565. The zero-order valence-electron chi connectivity index (χ0n) is 10.9. The van der Waals surface area contributed by atoms with Gasteiger partial charge in [0, 0.05) is 13.2 Å². The van der Waals surface area contributed by atoms with Gasteiger partial charge in [0.2, 0.25) is 10.0 Å². The summed E-state index contributed by atoms with van der Waals surface area (Å²) in [7, 11) is -1.56. The molecule has 2 atom stereocenters. The molecule has 6 nitrogen and oxygen atoms in total. The molecule has 0 aromatic heterocycles. The highest BCUT2D eigenvalue weighted by atomic mass is 32.2. The van der Waals surface area contributed by atoms with Crippen molar-refractivity contribution in [3.05, 3.63) is 0 Å². The summed E-state index contributed by atoms with van der Waals surface area (Å²) in [6.45, 7) is 5.50. The Hall–Kier alpha value is -0.210. The van der Waals surface area contributed by atoms with Crippen LogP contribution >= 0.6 is 0 Å². The standard InChI is InChI=1S/C10H23NO5S/c1-9(11-17(4,12)13)7-16-10(2)8-15-6-5-14-3/h9-11H,5-8H2,1-4H3. The number of hydrogen-bond donors (Lipinski definition) is 1. The molecule has 0 rings (SSSR count). The van der Waals surface area contributed by atoms with Crippen LogP contribution in [0.4, 0.5) is 0 Å². The monoisotopic (exact) mass is 269 g/mol. The highest BCUT2D eigenvalue weighted by molar-refractivity contribution is 7.88. The maximum Gasteiger partial charge on any atom is 0.209 e. The average Bonchev–Trinajstić information content (AvgIpc) is 2.19. The van der Waals surface area contributed by atoms with Gasteiger partial charge in [-0.25, -0.2) is 13.1 Å². The Balaban J connectivity index is 3.58. The van der Waals surface area contributed by atoms with E-state index in [9.17, 15) is 8.42 Å². The molecule has 0 aromatic rings. The SMILES string of the molecule is COCCOCC(C)OCC(C)NS(C)(=O)=O. The highest BCUT2D eigenvalue weighted by Crippen LogP contribution is 1.95. The third-order valence-corrected chi connectivity index (χ3v) is 2.66. The van der Waals surface area contributed by atoms with Gasteiger partial charge in [-0.2, -0.15) is 0 Å². The third kappa shape index (κ3) is 12.0. The van der Waals surface area contributed by atoms with Gasteiger partial charge in [0.15, 0.2) is 0 Å². The third-order valence-electron chi connectivity index (χ3n) is 1.83. The van der Waals surface area contributed by atoms with E-state index in [1.807, 2.05) is 6.92 Å². The fraction of sp³-hybridized carbons (Fsp3) is 1.00. The lowest BCUT2D eigenvalue weighted by Gasteiger charge is -2.17. The molecule has 1 N–H and O–H groups in total. The van der Waals surface area contributed by atoms with Gasteiger partial charge in [-0.15, -0.1) is 0 Å². The Kier molecular flexibility index (Phi) is 8.71. The van der Waals surface area contributed by atoms with Crippen molar-refractivity contribution in [3.8, 4) is 0 Å². The summed E-state index contributed by atoms with van der Waals surface area (Å²) in [5.41, 5.74) is 0. The molecule has 0 fully saturated rings. The van der Waals surface area contributed by atoms with Gasteiger partial charge in [-0.1, -0.05) is 0 Å². The molecule has 0 aliphatic carbocycles. The predicted octanol–water partition coefficient (Wildman–Crippen LogP) is -0.00780. The number of rotatable bonds is 10. The molecule has 0 saturated carbocycles. The van der Waals surface area contributed by atoms with Crippen LogP contribution in [0.5, 0.6) is 0 Å². The van der Waals surface area contributed by atoms with Gasteiger partial charge >= 0.3 is 0 Å². The first-order valence-electron chi connectivity index (χ1n) is 5.50. The molecular formula is C10H23NO5S. The van der Waals surface area contributed by atoms with Crippen molar-refractivity contribution in [1.29, 1.82) is 0 Å². The van der Waals surface area contributed by atoms with Crippen molar-refractivity contribution in [2.24, 2.45) is 0 Å². The Morgan fingerprint density at radius 2 is 1.82 bits per heavy atom. The van der Waals surface area contributed by atoms with Crippen LogP contribution in [0.25, 0.3) is 0 Å². The van der Waals surface area contributed by atoms with Gasteiger partial charge in [-0.3, -0.25) is 0 Å². The molecule has 17 heavy (non-hydrogen) atoms. The summed E-state index contributed by atoms with van der Waals surface area (Å²) in [6, 6.07) is -0.244. The minimum atomic E-state index is -3.17. The number of nitrogens with one attached hydrogen (secondary N) is 1. The second kappa shape index (κ2) is 8.82. The molecule has 7 heteroatoms. The minimum Gasteiger partial charge on any atom is -0.382 e. The molecule has 0 heterocycles. The smallest absolute Gasteiger partial charge is 0.209 e. The Morgan fingerprint density at radius 3 is 2.35 bits per heavy atom. The first kappa shape index (κ1) is 16.8. The van der Waals surface area contributed by atoms with Crippen LogP contribution in [-0.2, 0) is 24.2 Å². The van der Waals surface area contributed by atoms with Crippen molar-refractivity contribution in [3.63, 3.8) is 0 Å². The minimum absolute atomic E-state index is 0.0735. The second-order valence-electron chi connectivity index (χ2n) is 4.00. The van der Waals surface area contributed by atoms with Crippen LogP contribution < -0.4 is 4.72 Å². The van der Waals surface area contributed by atoms with E-state index < -0.39 is 10.0 Å². The largest absolute Gasteiger partial charge is 0.382 e. The molecule has 0 bridgehead atoms. The zero-order chi connectivity index (χ0) is 13.3. The maximum atomic E-state index is 10.9. The first-order valence-corrected chi connectivity index (χ1v) is 7.40. The van der Waals surface area contributed by atoms with Crippen molar-refractivity contribution in [1.82, 2.24) is 4.72 Å². The fourth-order valence-electron chi connectivity index (χ4n) is 1.15. The van der Waals surface area contributed by atoms with Crippen molar-refractivity contribution in [2.75, 3.05) is 39.8 Å². The maximum absolute atomic E-state index is 10.9. The lowest BCUT2D eigenvalue weighted by Crippen LogP contribution is -2.36. The Labute approximate surface area is 104 Å². The van der Waals surface area contributed by atoms with Crippen molar-refractivity contribution >= 4 is 10.0 Å². The lowest BCUT2D eigenvalue weighted by molar-refractivity contribution is -0.0221. The van der Waals surface area contributed by atoms with Gasteiger partial charge < -0.3 is 14.2 Å². The Bertz CT molecular complexity index is 280. The van der Waals surface area contributed by atoms with Crippen LogP contribution in [0.15, 0.2) is 0 Å². The van der Waals surface area contributed by atoms with Gasteiger partial charge in [-0.05, 0) is 13.8 Å². The fourth-order valence-corrected chi connectivity index (χ4v) is 1.95. The summed E-state index contributed by atoms with van der Waals surface area (Å²) >= 11 is 0. The highest BCUT2D eigenvalue weighted by Gasteiger charge is 2.10. The normalized spacial score (nSPS) is 15.8. The summed E-state index contributed by atoms with van der Waals surface area (Å²) in [5.74, 6) is 0. The van der Waals surface area contributed by atoms with Crippen molar-refractivity contribution in [2.45, 2.75) is 26.0 Å². The van der Waals surface area contributed by atoms with E-state index in [0.717, 1.165) is 6.26 Å². The van der Waals surface area contributed by atoms with Gasteiger partial charge in [0.25, 0.3) is 0 Å². The van der Waals surface area contributed by atoms with Gasteiger partial charge in [0.1, 0.15) is 0 Å². The molecule has 0 radical (unpaired) electrons. The summed E-state index contributed by atoms with van der Waals surface area (Å²) < 4.78 is 39.8. The van der Waals surface area contributed by atoms with Crippen LogP contribution in [0.3, 0.4) is 0 Å². The average molecular weight is 269 g/mol. The number of methoxy groups -OCH3 is 1. The summed E-state index contributed by atoms with van der Waals surface area (Å²) in [6.07, 6.45) is 1.05. The molecule has 2 unspecified atom stereocenters. The number of ether oxygens (including phenoxy) is 3. The van der Waals surface area contributed by atoms with Crippen LogP contribution in [0.1, 0.15) is 13.8 Å². The summed E-state index contributed by atoms with van der Waals surface area (Å²) in [5, 5.41) is 0. The van der Waals surface area contributed by atoms with Crippen molar-refractivity contribution < 1.29 is 22.6 Å².